The van der Waals surface area contributed by atoms with E-state index in [0.29, 0.717) is 0 Å². The predicted molar refractivity (Wildman–Crippen MR) is 132 cm³/mol. The van der Waals surface area contributed by atoms with Crippen LogP contribution >= 0.6 is 11.3 Å². The predicted octanol–water partition coefficient (Wildman–Crippen LogP) is 7.00. The summed E-state index contributed by atoms with van der Waals surface area (Å²) in [6.45, 7) is 0. The summed E-state index contributed by atoms with van der Waals surface area (Å²) in [5, 5.41) is 3.78. The summed E-state index contributed by atoms with van der Waals surface area (Å²) in [5.41, 5.74) is 5.99. The summed E-state index contributed by atoms with van der Waals surface area (Å²) in [4.78, 5) is 13.9. The normalized spacial score (nSPS) is 11.8. The number of thiophene rings is 1. The lowest BCUT2D eigenvalue weighted by Gasteiger charge is -2.08. The molecule has 5 heterocycles. The molecule has 0 N–H and O–H groups in total. The summed E-state index contributed by atoms with van der Waals surface area (Å²) in [5.74, 6) is 0. The van der Waals surface area contributed by atoms with Gasteiger partial charge in [-0.1, -0.05) is 30.3 Å². The van der Waals surface area contributed by atoms with Gasteiger partial charge in [0.1, 0.15) is 0 Å². The molecular weight excluding hydrogens is 412 g/mol. The Labute approximate surface area is 187 Å². The van der Waals surface area contributed by atoms with Crippen molar-refractivity contribution in [3.05, 3.63) is 97.5 Å². The highest BCUT2D eigenvalue weighted by atomic mass is 32.1. The SMILES string of the molecule is c1ccc(-c2ccc(-n3c4cccnc4c4c5sc6ccccc6c5ccc43)cn2)nc1. The Morgan fingerprint density at radius 3 is 2.38 bits per heavy atom. The van der Waals surface area contributed by atoms with Gasteiger partial charge in [-0.15, -0.1) is 11.3 Å². The van der Waals surface area contributed by atoms with Gasteiger partial charge in [0.05, 0.1) is 39.8 Å². The van der Waals surface area contributed by atoms with Crippen molar-refractivity contribution in [2.24, 2.45) is 0 Å². The molecule has 4 nitrogen and oxygen atoms in total. The number of fused-ring (bicyclic) bond motifs is 7. The third kappa shape index (κ3) is 2.46. The van der Waals surface area contributed by atoms with E-state index in [4.69, 9.17) is 9.97 Å². The highest BCUT2D eigenvalue weighted by Gasteiger charge is 2.18. The first kappa shape index (κ1) is 17.6. The van der Waals surface area contributed by atoms with Crippen LogP contribution in [0, 0.1) is 0 Å². The zero-order valence-corrected chi connectivity index (χ0v) is 17.8. The second kappa shape index (κ2) is 6.70. The van der Waals surface area contributed by atoms with Crippen LogP contribution in [0.1, 0.15) is 0 Å². The number of benzene rings is 2. The van der Waals surface area contributed by atoms with E-state index in [1.807, 2.05) is 54.1 Å². The summed E-state index contributed by atoms with van der Waals surface area (Å²) >= 11 is 1.84. The fourth-order valence-electron chi connectivity index (χ4n) is 4.56. The molecule has 2 aromatic carbocycles. The van der Waals surface area contributed by atoms with Crippen molar-refractivity contribution in [2.75, 3.05) is 0 Å². The van der Waals surface area contributed by atoms with E-state index >= 15 is 0 Å². The van der Waals surface area contributed by atoms with Crippen molar-refractivity contribution in [1.29, 1.82) is 0 Å². The molecule has 0 bridgehead atoms. The molecule has 32 heavy (non-hydrogen) atoms. The number of nitrogens with zero attached hydrogens (tertiary/aromatic N) is 4. The van der Waals surface area contributed by atoms with Crippen molar-refractivity contribution in [2.45, 2.75) is 0 Å². The van der Waals surface area contributed by atoms with Crippen molar-refractivity contribution in [1.82, 2.24) is 19.5 Å². The Hall–Kier alpha value is -4.09. The second-order valence-corrected chi connectivity index (χ2v) is 8.81. The van der Waals surface area contributed by atoms with E-state index in [1.165, 1.54) is 25.6 Å². The summed E-state index contributed by atoms with van der Waals surface area (Å²) in [6.07, 6.45) is 5.59. The molecule has 0 aliphatic rings. The molecular formula is C27H16N4S. The van der Waals surface area contributed by atoms with Crippen LogP contribution in [0.5, 0.6) is 0 Å². The molecule has 7 rings (SSSR count). The minimum atomic E-state index is 0.861. The molecule has 0 saturated carbocycles. The van der Waals surface area contributed by atoms with Gasteiger partial charge >= 0.3 is 0 Å². The molecule has 7 aromatic rings. The van der Waals surface area contributed by atoms with Crippen LogP contribution in [0.2, 0.25) is 0 Å². The van der Waals surface area contributed by atoms with Gasteiger partial charge in [0, 0.05) is 38.0 Å². The quantitative estimate of drug-likeness (QED) is 0.298. The van der Waals surface area contributed by atoms with Crippen LogP contribution in [0.3, 0.4) is 0 Å². The molecule has 0 atom stereocenters. The van der Waals surface area contributed by atoms with Gasteiger partial charge in [0.15, 0.2) is 0 Å². The largest absolute Gasteiger partial charge is 0.306 e. The third-order valence-corrected chi connectivity index (χ3v) is 7.17. The molecule has 0 spiro atoms. The first-order chi connectivity index (χ1) is 15.9. The Bertz CT molecular complexity index is 1760. The second-order valence-electron chi connectivity index (χ2n) is 7.76. The summed E-state index contributed by atoms with van der Waals surface area (Å²) in [6, 6.07) is 27.2. The zero-order chi connectivity index (χ0) is 21.1. The molecule has 0 saturated heterocycles. The number of aromatic nitrogens is 4. The standard InChI is InChI=1S/C27H16N4S/c1-2-9-24-18(6-1)19-11-13-22-25(27(19)32-24)26-23(8-5-15-29-26)31(22)17-10-12-21(30-16-17)20-7-3-4-14-28-20/h1-16H. The number of pyridine rings is 3. The van der Waals surface area contributed by atoms with E-state index in [1.54, 1.807) is 6.20 Å². The minimum absolute atomic E-state index is 0.861. The van der Waals surface area contributed by atoms with Crippen LogP contribution in [0.25, 0.3) is 59.2 Å². The third-order valence-electron chi connectivity index (χ3n) is 5.96. The molecule has 0 aliphatic heterocycles. The van der Waals surface area contributed by atoms with Gasteiger partial charge in [-0.2, -0.15) is 0 Å². The van der Waals surface area contributed by atoms with E-state index in [2.05, 4.69) is 58.1 Å². The van der Waals surface area contributed by atoms with E-state index in [-0.39, 0.29) is 0 Å². The fourth-order valence-corrected chi connectivity index (χ4v) is 5.80. The Morgan fingerprint density at radius 2 is 1.50 bits per heavy atom. The van der Waals surface area contributed by atoms with Crippen molar-refractivity contribution >= 4 is 53.4 Å². The van der Waals surface area contributed by atoms with Gasteiger partial charge in [-0.05, 0) is 48.5 Å². The lowest BCUT2D eigenvalue weighted by molar-refractivity contribution is 1.13. The zero-order valence-electron chi connectivity index (χ0n) is 16.9. The Morgan fingerprint density at radius 1 is 0.625 bits per heavy atom. The van der Waals surface area contributed by atoms with Gasteiger partial charge in [0.2, 0.25) is 0 Å². The van der Waals surface area contributed by atoms with Crippen LogP contribution in [0.4, 0.5) is 0 Å². The van der Waals surface area contributed by atoms with Crippen LogP contribution in [-0.4, -0.2) is 19.5 Å². The summed E-state index contributed by atoms with van der Waals surface area (Å²) in [7, 11) is 0. The average Bonchev–Trinajstić information content (AvgIpc) is 3.40. The van der Waals surface area contributed by atoms with Gasteiger partial charge < -0.3 is 4.57 Å². The fraction of sp³-hybridized carbons (Fsp3) is 0. The van der Waals surface area contributed by atoms with Gasteiger partial charge in [-0.25, -0.2) is 0 Å². The van der Waals surface area contributed by atoms with Crippen LogP contribution in [-0.2, 0) is 0 Å². The first-order valence-electron chi connectivity index (χ1n) is 10.5. The average molecular weight is 429 g/mol. The maximum Gasteiger partial charge on any atom is 0.0977 e. The van der Waals surface area contributed by atoms with E-state index < -0.39 is 0 Å². The van der Waals surface area contributed by atoms with Crippen molar-refractivity contribution in [3.8, 4) is 17.1 Å². The van der Waals surface area contributed by atoms with E-state index in [9.17, 15) is 0 Å². The van der Waals surface area contributed by atoms with Crippen molar-refractivity contribution < 1.29 is 0 Å². The first-order valence-corrected chi connectivity index (χ1v) is 11.3. The van der Waals surface area contributed by atoms with Gasteiger partial charge in [-0.3, -0.25) is 15.0 Å². The van der Waals surface area contributed by atoms with Crippen molar-refractivity contribution in [3.63, 3.8) is 0 Å². The maximum absolute atomic E-state index is 4.80. The lowest BCUT2D eigenvalue weighted by Crippen LogP contribution is -1.96. The summed E-state index contributed by atoms with van der Waals surface area (Å²) < 4.78 is 4.84. The molecule has 0 fully saturated rings. The monoisotopic (exact) mass is 428 g/mol. The van der Waals surface area contributed by atoms with Gasteiger partial charge in [0.25, 0.3) is 0 Å². The number of rotatable bonds is 2. The lowest BCUT2D eigenvalue weighted by atomic mass is 10.1. The Balaban J connectivity index is 1.53. The molecule has 5 heteroatoms. The molecule has 150 valence electrons. The number of hydrogen-bond donors (Lipinski definition) is 0. The van der Waals surface area contributed by atoms with E-state index in [0.717, 1.165) is 33.6 Å². The highest BCUT2D eigenvalue weighted by molar-refractivity contribution is 7.26. The highest BCUT2D eigenvalue weighted by Crippen LogP contribution is 2.42. The molecule has 0 amide bonds. The minimum Gasteiger partial charge on any atom is -0.306 e. The van der Waals surface area contributed by atoms with Crippen LogP contribution < -0.4 is 0 Å². The van der Waals surface area contributed by atoms with Crippen LogP contribution in [0.15, 0.2) is 97.5 Å². The molecule has 0 unspecified atom stereocenters. The smallest absolute Gasteiger partial charge is 0.0977 e. The number of hydrogen-bond acceptors (Lipinski definition) is 4. The molecule has 5 aromatic heterocycles. The topological polar surface area (TPSA) is 43.6 Å². The Kier molecular flexibility index (Phi) is 3.68. The molecule has 0 radical (unpaired) electrons. The maximum atomic E-state index is 4.80. The molecule has 0 aliphatic carbocycles.